The number of allylic oxidation sites excluding steroid dienone is 2. The van der Waals surface area contributed by atoms with E-state index in [1.165, 1.54) is 91.3 Å². The van der Waals surface area contributed by atoms with Gasteiger partial charge in [0.1, 0.15) is 0 Å². The molecule has 0 fully saturated rings. The number of unbranched alkanes of at least 4 members (excludes halogenated alkanes) is 13. The van der Waals surface area contributed by atoms with Crippen molar-refractivity contribution in [3.05, 3.63) is 22.7 Å². The number of methoxy groups -OCH3 is 2. The standard InChI is InChI=1S/C25H42O4/c1-5-6-7-8-9-10-11-12-13-14-15-16-17-18-19-21-23(27)24(28-3)20(2)22(26)25(21)29-4/h5-19H2,1-4H3. The molecule has 0 unspecified atom stereocenters. The number of carbonyl (C=O) groups excluding carboxylic acids is 2. The van der Waals surface area contributed by atoms with Crippen LogP contribution in [0.1, 0.15) is 110 Å². The molecule has 0 amide bonds. The Hall–Kier alpha value is -1.58. The van der Waals surface area contributed by atoms with Gasteiger partial charge in [-0.3, -0.25) is 9.59 Å². The largest absolute Gasteiger partial charge is 0.492 e. The van der Waals surface area contributed by atoms with Crippen molar-refractivity contribution in [1.82, 2.24) is 0 Å². The first-order chi connectivity index (χ1) is 14.1. The molecule has 0 atom stereocenters. The summed E-state index contributed by atoms with van der Waals surface area (Å²) in [6.07, 6.45) is 18.7. The van der Waals surface area contributed by atoms with Gasteiger partial charge >= 0.3 is 0 Å². The molecule has 0 aromatic rings. The molecule has 0 spiro atoms. The summed E-state index contributed by atoms with van der Waals surface area (Å²) in [5.74, 6) is -0.0698. The summed E-state index contributed by atoms with van der Waals surface area (Å²) in [5, 5.41) is 0. The fraction of sp³-hybridized carbons (Fsp3) is 0.760. The smallest absolute Gasteiger partial charge is 0.227 e. The highest BCUT2D eigenvalue weighted by molar-refractivity contribution is 6.23. The van der Waals surface area contributed by atoms with Crippen molar-refractivity contribution in [2.75, 3.05) is 14.2 Å². The highest BCUT2D eigenvalue weighted by Gasteiger charge is 2.33. The molecule has 0 radical (unpaired) electrons. The van der Waals surface area contributed by atoms with Gasteiger partial charge in [0.05, 0.1) is 14.2 Å². The molecule has 0 aliphatic heterocycles. The Balaban J connectivity index is 2.15. The van der Waals surface area contributed by atoms with E-state index >= 15 is 0 Å². The first-order valence-corrected chi connectivity index (χ1v) is 11.7. The van der Waals surface area contributed by atoms with E-state index < -0.39 is 0 Å². The Bertz CT molecular complexity index is 571. The van der Waals surface area contributed by atoms with Crippen molar-refractivity contribution >= 4 is 11.6 Å². The molecule has 1 aliphatic carbocycles. The van der Waals surface area contributed by atoms with Crippen LogP contribution in [0.15, 0.2) is 22.7 Å². The van der Waals surface area contributed by atoms with E-state index in [0.717, 1.165) is 12.8 Å². The third-order valence-corrected chi connectivity index (χ3v) is 5.83. The van der Waals surface area contributed by atoms with Gasteiger partial charge in [-0.2, -0.15) is 0 Å². The first kappa shape index (κ1) is 25.5. The molecular formula is C25H42O4. The maximum atomic E-state index is 12.6. The van der Waals surface area contributed by atoms with E-state index in [2.05, 4.69) is 6.92 Å². The van der Waals surface area contributed by atoms with Crippen molar-refractivity contribution in [2.24, 2.45) is 0 Å². The number of rotatable bonds is 17. The van der Waals surface area contributed by atoms with E-state index in [1.807, 2.05) is 0 Å². The molecule has 166 valence electrons. The Morgan fingerprint density at radius 3 is 1.41 bits per heavy atom. The average Bonchev–Trinajstić information content (AvgIpc) is 2.72. The molecule has 1 aliphatic rings. The zero-order valence-electron chi connectivity index (χ0n) is 19.2. The monoisotopic (exact) mass is 406 g/mol. The minimum atomic E-state index is -0.232. The lowest BCUT2D eigenvalue weighted by molar-refractivity contribution is -0.120. The van der Waals surface area contributed by atoms with Crippen LogP contribution in [0.25, 0.3) is 0 Å². The van der Waals surface area contributed by atoms with Crippen LogP contribution in [-0.4, -0.2) is 25.8 Å². The van der Waals surface area contributed by atoms with Crippen molar-refractivity contribution in [1.29, 1.82) is 0 Å². The molecule has 29 heavy (non-hydrogen) atoms. The molecule has 0 aromatic heterocycles. The van der Waals surface area contributed by atoms with Crippen LogP contribution in [0.5, 0.6) is 0 Å². The van der Waals surface area contributed by atoms with Gasteiger partial charge in [-0.05, 0) is 19.8 Å². The molecule has 4 heteroatoms. The number of ether oxygens (including phenoxy) is 2. The van der Waals surface area contributed by atoms with Crippen LogP contribution in [0.3, 0.4) is 0 Å². The van der Waals surface area contributed by atoms with E-state index in [1.54, 1.807) is 6.92 Å². The van der Waals surface area contributed by atoms with Crippen molar-refractivity contribution < 1.29 is 19.1 Å². The Kier molecular flexibility index (Phi) is 13.4. The van der Waals surface area contributed by atoms with Crippen LogP contribution in [0.4, 0.5) is 0 Å². The lowest BCUT2D eigenvalue weighted by Gasteiger charge is -2.20. The zero-order chi connectivity index (χ0) is 21.5. The van der Waals surface area contributed by atoms with E-state index in [9.17, 15) is 9.59 Å². The molecule has 0 saturated carbocycles. The summed E-state index contributed by atoms with van der Waals surface area (Å²) >= 11 is 0. The second kappa shape index (κ2) is 15.3. The number of carbonyl (C=O) groups is 2. The molecule has 1 rings (SSSR count). The van der Waals surface area contributed by atoms with Crippen molar-refractivity contribution in [3.63, 3.8) is 0 Å². The van der Waals surface area contributed by atoms with Gasteiger partial charge in [-0.15, -0.1) is 0 Å². The summed E-state index contributed by atoms with van der Waals surface area (Å²) in [5.41, 5.74) is 0.804. The highest BCUT2D eigenvalue weighted by Crippen LogP contribution is 2.29. The molecule has 0 N–H and O–H groups in total. The molecule has 0 bridgehead atoms. The van der Waals surface area contributed by atoms with Gasteiger partial charge < -0.3 is 9.47 Å². The maximum Gasteiger partial charge on any atom is 0.227 e. The maximum absolute atomic E-state index is 12.6. The quantitative estimate of drug-likeness (QED) is 0.196. The summed E-state index contributed by atoms with van der Waals surface area (Å²) in [6.45, 7) is 3.88. The minimum Gasteiger partial charge on any atom is -0.492 e. The van der Waals surface area contributed by atoms with Crippen molar-refractivity contribution in [2.45, 2.75) is 110 Å². The fourth-order valence-electron chi connectivity index (χ4n) is 4.01. The van der Waals surface area contributed by atoms with E-state index in [0.29, 0.717) is 17.6 Å². The fourth-order valence-corrected chi connectivity index (χ4v) is 4.01. The molecule has 0 aromatic carbocycles. The molecule has 4 nitrogen and oxygen atoms in total. The topological polar surface area (TPSA) is 52.6 Å². The number of hydrogen-bond acceptors (Lipinski definition) is 4. The summed E-state index contributed by atoms with van der Waals surface area (Å²) in [7, 11) is 2.89. The van der Waals surface area contributed by atoms with Crippen LogP contribution < -0.4 is 0 Å². The lowest BCUT2D eigenvalue weighted by Crippen LogP contribution is -2.25. The second-order valence-electron chi connectivity index (χ2n) is 8.17. The van der Waals surface area contributed by atoms with Crippen LogP contribution in [0, 0.1) is 0 Å². The summed E-state index contributed by atoms with van der Waals surface area (Å²) < 4.78 is 10.4. The van der Waals surface area contributed by atoms with Gasteiger partial charge in [0.15, 0.2) is 11.5 Å². The first-order valence-electron chi connectivity index (χ1n) is 11.7. The molecule has 0 heterocycles. The van der Waals surface area contributed by atoms with E-state index in [-0.39, 0.29) is 23.1 Å². The molecule has 0 saturated heterocycles. The summed E-state index contributed by atoms with van der Waals surface area (Å²) in [4.78, 5) is 24.9. The highest BCUT2D eigenvalue weighted by atomic mass is 16.5. The molecular weight excluding hydrogens is 364 g/mol. The Morgan fingerprint density at radius 2 is 1.00 bits per heavy atom. The van der Waals surface area contributed by atoms with E-state index in [4.69, 9.17) is 9.47 Å². The number of Topliss-reactive ketones (excluding diaryl/α,β-unsaturated/α-hetero) is 2. The van der Waals surface area contributed by atoms with Gasteiger partial charge in [-0.1, -0.05) is 90.4 Å². The van der Waals surface area contributed by atoms with Crippen molar-refractivity contribution in [3.8, 4) is 0 Å². The Labute approximate surface area is 178 Å². The Morgan fingerprint density at radius 1 is 0.586 bits per heavy atom. The van der Waals surface area contributed by atoms with Crippen LogP contribution in [0.2, 0.25) is 0 Å². The van der Waals surface area contributed by atoms with Gasteiger partial charge in [0.25, 0.3) is 0 Å². The van der Waals surface area contributed by atoms with Crippen LogP contribution >= 0.6 is 0 Å². The minimum absolute atomic E-state index is 0.163. The zero-order valence-corrected chi connectivity index (χ0v) is 19.2. The average molecular weight is 407 g/mol. The van der Waals surface area contributed by atoms with Crippen LogP contribution in [-0.2, 0) is 19.1 Å². The van der Waals surface area contributed by atoms with Gasteiger partial charge in [-0.25, -0.2) is 0 Å². The van der Waals surface area contributed by atoms with Gasteiger partial charge in [0, 0.05) is 11.1 Å². The predicted octanol–water partition coefficient (Wildman–Crippen LogP) is 6.83. The second-order valence-corrected chi connectivity index (χ2v) is 8.17. The third kappa shape index (κ3) is 8.76. The third-order valence-electron chi connectivity index (χ3n) is 5.83. The number of ketones is 2. The normalized spacial score (nSPS) is 14.8. The predicted molar refractivity (Wildman–Crippen MR) is 119 cm³/mol. The SMILES string of the molecule is CCCCCCCCCCCCCCCCC1=C(OC)C(=O)C(C)=C(OC)C1=O. The van der Waals surface area contributed by atoms with Gasteiger partial charge in [0.2, 0.25) is 11.6 Å². The summed E-state index contributed by atoms with van der Waals surface area (Å²) in [6, 6.07) is 0. The number of hydrogen-bond donors (Lipinski definition) is 0. The lowest BCUT2D eigenvalue weighted by atomic mass is 9.90.